The van der Waals surface area contributed by atoms with Crippen LogP contribution < -0.4 is 5.73 Å². The Labute approximate surface area is 109 Å². The van der Waals surface area contributed by atoms with Crippen LogP contribution in [0.3, 0.4) is 0 Å². The van der Waals surface area contributed by atoms with E-state index >= 15 is 0 Å². The molecule has 2 rings (SSSR count). The third kappa shape index (κ3) is 2.57. The molecule has 1 fully saturated rings. The molecule has 100 valence electrons. The Morgan fingerprint density at radius 3 is 2.78 bits per heavy atom. The first kappa shape index (κ1) is 13.5. The van der Waals surface area contributed by atoms with E-state index in [0.717, 1.165) is 25.1 Å². The summed E-state index contributed by atoms with van der Waals surface area (Å²) in [6.45, 7) is 7.95. The molecule has 0 spiro atoms. The molecule has 0 saturated carbocycles. The number of likely N-dealkylation sites (tertiary alicyclic amines) is 1. The number of hydrogen-bond acceptors (Lipinski definition) is 2. The van der Waals surface area contributed by atoms with E-state index in [0.29, 0.717) is 17.5 Å². The Balaban J connectivity index is 2.15. The van der Waals surface area contributed by atoms with E-state index in [1.165, 1.54) is 0 Å². The lowest BCUT2D eigenvalue weighted by Gasteiger charge is -2.29. The monoisotopic (exact) mass is 250 g/mol. The molecule has 3 unspecified atom stereocenters. The van der Waals surface area contributed by atoms with Crippen molar-refractivity contribution in [3.63, 3.8) is 0 Å². The molecule has 0 aromatic heterocycles. The highest BCUT2D eigenvalue weighted by Gasteiger charge is 2.31. The molecular formula is C15H23FN2. The van der Waals surface area contributed by atoms with Crippen molar-refractivity contribution in [2.75, 3.05) is 13.1 Å². The summed E-state index contributed by atoms with van der Waals surface area (Å²) in [6, 6.07) is 6.35. The molecule has 1 aliphatic heterocycles. The number of rotatable bonds is 3. The highest BCUT2D eigenvalue weighted by Crippen LogP contribution is 2.32. The van der Waals surface area contributed by atoms with Crippen LogP contribution in [0, 0.1) is 18.7 Å². The lowest BCUT2D eigenvalue weighted by Crippen LogP contribution is -2.30. The third-order valence-electron chi connectivity index (χ3n) is 4.22. The Bertz CT molecular complexity index is 419. The van der Waals surface area contributed by atoms with Gasteiger partial charge in [0.2, 0.25) is 0 Å². The van der Waals surface area contributed by atoms with E-state index < -0.39 is 0 Å². The molecule has 1 aliphatic rings. The van der Waals surface area contributed by atoms with E-state index in [-0.39, 0.29) is 11.9 Å². The second kappa shape index (κ2) is 5.37. The lowest BCUT2D eigenvalue weighted by atomic mass is 10.0. The fourth-order valence-electron chi connectivity index (χ4n) is 2.94. The number of halogens is 1. The summed E-state index contributed by atoms with van der Waals surface area (Å²) in [5, 5.41) is 0. The van der Waals surface area contributed by atoms with Crippen LogP contribution in [0.25, 0.3) is 0 Å². The smallest absolute Gasteiger partial charge is 0.126 e. The van der Waals surface area contributed by atoms with Crippen LogP contribution in [0.5, 0.6) is 0 Å². The fourth-order valence-corrected chi connectivity index (χ4v) is 2.94. The van der Waals surface area contributed by atoms with Gasteiger partial charge in [0.15, 0.2) is 0 Å². The van der Waals surface area contributed by atoms with E-state index in [1.807, 2.05) is 12.1 Å². The summed E-state index contributed by atoms with van der Waals surface area (Å²) in [6.07, 6.45) is 1.15. The van der Waals surface area contributed by atoms with Crippen molar-refractivity contribution in [3.05, 3.63) is 35.1 Å². The van der Waals surface area contributed by atoms with Crippen LogP contribution in [-0.2, 0) is 0 Å². The molecule has 18 heavy (non-hydrogen) atoms. The van der Waals surface area contributed by atoms with Crippen LogP contribution in [0.1, 0.15) is 37.4 Å². The van der Waals surface area contributed by atoms with Crippen molar-refractivity contribution in [2.45, 2.75) is 39.3 Å². The molecule has 1 heterocycles. The molecule has 1 aromatic rings. The van der Waals surface area contributed by atoms with Crippen molar-refractivity contribution in [2.24, 2.45) is 11.7 Å². The first-order valence-electron chi connectivity index (χ1n) is 6.74. The average molecular weight is 250 g/mol. The number of aryl methyl sites for hydroxylation is 1. The zero-order valence-corrected chi connectivity index (χ0v) is 11.5. The van der Waals surface area contributed by atoms with Gasteiger partial charge in [0.25, 0.3) is 0 Å². The molecule has 1 aromatic carbocycles. The zero-order valence-electron chi connectivity index (χ0n) is 11.5. The maximum absolute atomic E-state index is 13.6. The van der Waals surface area contributed by atoms with Gasteiger partial charge in [-0.05, 0) is 56.8 Å². The van der Waals surface area contributed by atoms with Crippen molar-refractivity contribution in [1.82, 2.24) is 4.90 Å². The summed E-state index contributed by atoms with van der Waals surface area (Å²) >= 11 is 0. The molecule has 2 nitrogen and oxygen atoms in total. The van der Waals surface area contributed by atoms with Crippen molar-refractivity contribution in [3.8, 4) is 0 Å². The molecule has 0 bridgehead atoms. The molecule has 1 saturated heterocycles. The Kier molecular flexibility index (Phi) is 4.03. The minimum Gasteiger partial charge on any atom is -0.330 e. The molecule has 0 radical (unpaired) electrons. The van der Waals surface area contributed by atoms with E-state index in [2.05, 4.69) is 18.7 Å². The predicted octanol–water partition coefficient (Wildman–Crippen LogP) is 2.86. The quantitative estimate of drug-likeness (QED) is 0.893. The fraction of sp³-hybridized carbons (Fsp3) is 0.600. The standard InChI is InChI=1S/C15H23FN2/c1-10-4-5-14(7-15(10)16)12(3)18-9-13(8-17)6-11(18)2/h4-5,7,11-13H,6,8-9,17H2,1-3H3. The largest absolute Gasteiger partial charge is 0.330 e. The van der Waals surface area contributed by atoms with Gasteiger partial charge in [-0.2, -0.15) is 0 Å². The second-order valence-corrected chi connectivity index (χ2v) is 5.57. The van der Waals surface area contributed by atoms with Crippen molar-refractivity contribution in [1.29, 1.82) is 0 Å². The second-order valence-electron chi connectivity index (χ2n) is 5.57. The van der Waals surface area contributed by atoms with Gasteiger partial charge in [-0.1, -0.05) is 12.1 Å². The number of nitrogens with zero attached hydrogens (tertiary/aromatic N) is 1. The van der Waals surface area contributed by atoms with Crippen molar-refractivity contribution >= 4 is 0 Å². The van der Waals surface area contributed by atoms with Crippen LogP contribution in [0.4, 0.5) is 4.39 Å². The Morgan fingerprint density at radius 2 is 2.22 bits per heavy atom. The Morgan fingerprint density at radius 1 is 1.50 bits per heavy atom. The highest BCUT2D eigenvalue weighted by atomic mass is 19.1. The van der Waals surface area contributed by atoms with Crippen molar-refractivity contribution < 1.29 is 4.39 Å². The maximum atomic E-state index is 13.6. The summed E-state index contributed by atoms with van der Waals surface area (Å²) < 4.78 is 13.6. The molecule has 0 amide bonds. The van der Waals surface area contributed by atoms with Gasteiger partial charge in [-0.3, -0.25) is 4.90 Å². The zero-order chi connectivity index (χ0) is 13.3. The molecule has 3 atom stereocenters. The Hall–Kier alpha value is -0.930. The minimum absolute atomic E-state index is 0.110. The van der Waals surface area contributed by atoms with Gasteiger partial charge in [-0.25, -0.2) is 4.39 Å². The summed E-state index contributed by atoms with van der Waals surface area (Å²) in [7, 11) is 0. The number of nitrogens with two attached hydrogens (primary N) is 1. The van der Waals surface area contributed by atoms with E-state index in [1.54, 1.807) is 13.0 Å². The normalized spacial score (nSPS) is 26.5. The van der Waals surface area contributed by atoms with E-state index in [4.69, 9.17) is 5.73 Å². The summed E-state index contributed by atoms with van der Waals surface area (Å²) in [4.78, 5) is 2.43. The highest BCUT2D eigenvalue weighted by molar-refractivity contribution is 5.25. The molecule has 2 N–H and O–H groups in total. The van der Waals surface area contributed by atoms with Crippen LogP contribution in [0.15, 0.2) is 18.2 Å². The number of benzene rings is 1. The van der Waals surface area contributed by atoms with Gasteiger partial charge >= 0.3 is 0 Å². The van der Waals surface area contributed by atoms with E-state index in [9.17, 15) is 4.39 Å². The topological polar surface area (TPSA) is 29.3 Å². The van der Waals surface area contributed by atoms with Gasteiger partial charge in [0, 0.05) is 18.6 Å². The third-order valence-corrected chi connectivity index (χ3v) is 4.22. The summed E-state index contributed by atoms with van der Waals surface area (Å²) in [5.41, 5.74) is 7.52. The number of hydrogen-bond donors (Lipinski definition) is 1. The van der Waals surface area contributed by atoms with Gasteiger partial charge < -0.3 is 5.73 Å². The van der Waals surface area contributed by atoms with Gasteiger partial charge in [0.05, 0.1) is 0 Å². The maximum Gasteiger partial charge on any atom is 0.126 e. The molecule has 0 aliphatic carbocycles. The minimum atomic E-state index is -0.110. The molecular weight excluding hydrogens is 227 g/mol. The average Bonchev–Trinajstić information content (AvgIpc) is 2.73. The lowest BCUT2D eigenvalue weighted by molar-refractivity contribution is 0.200. The van der Waals surface area contributed by atoms with Gasteiger partial charge in [0.1, 0.15) is 5.82 Å². The predicted molar refractivity (Wildman–Crippen MR) is 72.9 cm³/mol. The molecule has 3 heteroatoms. The SMILES string of the molecule is Cc1ccc(C(C)N2CC(CN)CC2C)cc1F. The first-order chi connectivity index (χ1) is 8.52. The van der Waals surface area contributed by atoms with Gasteiger partial charge in [-0.15, -0.1) is 0 Å². The van der Waals surface area contributed by atoms with Crippen LogP contribution >= 0.6 is 0 Å². The first-order valence-corrected chi connectivity index (χ1v) is 6.74. The van der Waals surface area contributed by atoms with Crippen LogP contribution in [-0.4, -0.2) is 24.0 Å². The summed E-state index contributed by atoms with van der Waals surface area (Å²) in [5.74, 6) is 0.472. The van der Waals surface area contributed by atoms with Crippen LogP contribution in [0.2, 0.25) is 0 Å².